The second-order valence-electron chi connectivity index (χ2n) is 5.97. The maximum Gasteiger partial charge on any atom is 0.147 e. The molecule has 1 saturated carbocycles. The van der Waals surface area contributed by atoms with Gasteiger partial charge in [-0.25, -0.2) is 15.0 Å². The van der Waals surface area contributed by atoms with Crippen LogP contribution in [0.3, 0.4) is 0 Å². The lowest BCUT2D eigenvalue weighted by atomic mass is 9.83. The molecule has 0 aromatic carbocycles. The first-order valence-electron chi connectivity index (χ1n) is 7.98. The molecule has 2 aromatic rings. The Bertz CT molecular complexity index is 620. The average Bonchev–Trinajstić information content (AvgIpc) is 2.55. The summed E-state index contributed by atoms with van der Waals surface area (Å²) in [4.78, 5) is 22.1. The molecule has 2 aromatic heterocycles. The lowest BCUT2D eigenvalue weighted by molar-refractivity contribution is 0.410. The summed E-state index contributed by atoms with van der Waals surface area (Å²) < 4.78 is 0. The minimum atomic E-state index is 0.655. The third kappa shape index (κ3) is 2.61. The molecule has 0 bridgehead atoms. The second kappa shape index (κ2) is 5.87. The molecule has 3 heterocycles. The summed E-state index contributed by atoms with van der Waals surface area (Å²) in [6, 6.07) is 2.18. The first-order valence-corrected chi connectivity index (χ1v) is 7.98. The molecule has 0 radical (unpaired) electrons. The Balaban J connectivity index is 1.43. The number of hydrogen-bond acceptors (Lipinski definition) is 6. The van der Waals surface area contributed by atoms with E-state index in [4.69, 9.17) is 0 Å². The van der Waals surface area contributed by atoms with E-state index < -0.39 is 0 Å². The highest BCUT2D eigenvalue weighted by Crippen LogP contribution is 2.35. The molecule has 114 valence electrons. The number of anilines is 2. The van der Waals surface area contributed by atoms with Crippen LogP contribution in [-0.2, 0) is 0 Å². The van der Waals surface area contributed by atoms with Crippen molar-refractivity contribution in [3.63, 3.8) is 0 Å². The van der Waals surface area contributed by atoms with Gasteiger partial charge in [-0.15, -0.1) is 0 Å². The topological polar surface area (TPSA) is 58.0 Å². The van der Waals surface area contributed by atoms with E-state index in [-0.39, 0.29) is 0 Å². The maximum absolute atomic E-state index is 4.47. The summed E-state index contributed by atoms with van der Waals surface area (Å²) in [5.74, 6) is 2.68. The molecule has 1 aliphatic heterocycles. The number of nitrogens with zero attached hydrogens (tertiary/aromatic N) is 6. The van der Waals surface area contributed by atoms with Crippen LogP contribution in [0.5, 0.6) is 0 Å². The summed E-state index contributed by atoms with van der Waals surface area (Å²) in [6.45, 7) is 3.80. The lowest BCUT2D eigenvalue weighted by Gasteiger charge is -2.36. The van der Waals surface area contributed by atoms with Gasteiger partial charge in [-0.2, -0.15) is 0 Å². The SMILES string of the molecule is c1cnc(N2CCN(c3cc(C4CCC4)ncn3)CC2)cn1. The number of hydrogen-bond donors (Lipinski definition) is 0. The highest BCUT2D eigenvalue weighted by Gasteiger charge is 2.23. The highest BCUT2D eigenvalue weighted by molar-refractivity contribution is 5.44. The second-order valence-corrected chi connectivity index (χ2v) is 5.97. The van der Waals surface area contributed by atoms with Gasteiger partial charge >= 0.3 is 0 Å². The van der Waals surface area contributed by atoms with E-state index in [2.05, 4.69) is 35.8 Å². The van der Waals surface area contributed by atoms with Crippen molar-refractivity contribution in [1.82, 2.24) is 19.9 Å². The van der Waals surface area contributed by atoms with Crippen LogP contribution < -0.4 is 9.80 Å². The molecule has 6 nitrogen and oxygen atoms in total. The first-order chi connectivity index (χ1) is 10.9. The molecule has 6 heteroatoms. The molecule has 0 atom stereocenters. The molecular formula is C16H20N6. The van der Waals surface area contributed by atoms with Gasteiger partial charge in [0.1, 0.15) is 18.0 Å². The Labute approximate surface area is 130 Å². The van der Waals surface area contributed by atoms with Crippen LogP contribution in [0.2, 0.25) is 0 Å². The molecule has 0 N–H and O–H groups in total. The highest BCUT2D eigenvalue weighted by atomic mass is 15.3. The molecule has 1 aliphatic carbocycles. The number of aromatic nitrogens is 4. The minimum Gasteiger partial charge on any atom is -0.353 e. The van der Waals surface area contributed by atoms with Crippen molar-refractivity contribution in [1.29, 1.82) is 0 Å². The quantitative estimate of drug-likeness (QED) is 0.861. The molecule has 4 rings (SSSR count). The van der Waals surface area contributed by atoms with Gasteiger partial charge in [-0.1, -0.05) is 6.42 Å². The van der Waals surface area contributed by atoms with Crippen LogP contribution >= 0.6 is 0 Å². The Hall–Kier alpha value is -2.24. The van der Waals surface area contributed by atoms with Gasteiger partial charge in [0.25, 0.3) is 0 Å². The van der Waals surface area contributed by atoms with E-state index in [0.29, 0.717) is 5.92 Å². The van der Waals surface area contributed by atoms with Crippen LogP contribution in [0.15, 0.2) is 31.0 Å². The summed E-state index contributed by atoms with van der Waals surface area (Å²) in [5.41, 5.74) is 1.22. The van der Waals surface area contributed by atoms with Crippen molar-refractivity contribution in [2.75, 3.05) is 36.0 Å². The van der Waals surface area contributed by atoms with Gasteiger partial charge < -0.3 is 9.80 Å². The van der Waals surface area contributed by atoms with Gasteiger partial charge in [0.2, 0.25) is 0 Å². The van der Waals surface area contributed by atoms with Crippen LogP contribution in [0.25, 0.3) is 0 Å². The lowest BCUT2D eigenvalue weighted by Crippen LogP contribution is -2.47. The van der Waals surface area contributed by atoms with E-state index in [1.165, 1.54) is 25.0 Å². The zero-order chi connectivity index (χ0) is 14.8. The smallest absolute Gasteiger partial charge is 0.147 e. The van der Waals surface area contributed by atoms with Gasteiger partial charge in [-0.05, 0) is 12.8 Å². The summed E-state index contributed by atoms with van der Waals surface area (Å²) in [6.07, 6.45) is 10.9. The van der Waals surface area contributed by atoms with E-state index in [1.54, 1.807) is 18.7 Å². The third-order valence-electron chi connectivity index (χ3n) is 4.67. The van der Waals surface area contributed by atoms with E-state index in [1.807, 2.05) is 6.20 Å². The predicted octanol–water partition coefficient (Wildman–Crippen LogP) is 1.86. The fourth-order valence-electron chi connectivity index (χ4n) is 3.08. The van der Waals surface area contributed by atoms with Gasteiger partial charge in [0, 0.05) is 56.3 Å². The molecule has 22 heavy (non-hydrogen) atoms. The summed E-state index contributed by atoms with van der Waals surface area (Å²) in [5, 5.41) is 0. The largest absolute Gasteiger partial charge is 0.353 e. The van der Waals surface area contributed by atoms with Crippen LogP contribution in [0, 0.1) is 0 Å². The van der Waals surface area contributed by atoms with Crippen LogP contribution in [0.4, 0.5) is 11.6 Å². The van der Waals surface area contributed by atoms with Crippen molar-refractivity contribution >= 4 is 11.6 Å². The van der Waals surface area contributed by atoms with Crippen molar-refractivity contribution in [3.8, 4) is 0 Å². The molecule has 0 spiro atoms. The number of rotatable bonds is 3. The van der Waals surface area contributed by atoms with Gasteiger partial charge in [0.15, 0.2) is 0 Å². The zero-order valence-electron chi connectivity index (χ0n) is 12.6. The Morgan fingerprint density at radius 1 is 0.864 bits per heavy atom. The van der Waals surface area contributed by atoms with Crippen LogP contribution in [0.1, 0.15) is 30.9 Å². The van der Waals surface area contributed by atoms with Crippen molar-refractivity contribution < 1.29 is 0 Å². The zero-order valence-corrected chi connectivity index (χ0v) is 12.6. The van der Waals surface area contributed by atoms with Crippen LogP contribution in [-0.4, -0.2) is 46.1 Å². The summed E-state index contributed by atoms with van der Waals surface area (Å²) in [7, 11) is 0. The van der Waals surface area contributed by atoms with E-state index in [0.717, 1.165) is 37.8 Å². The van der Waals surface area contributed by atoms with Crippen molar-refractivity contribution in [2.45, 2.75) is 25.2 Å². The standard InChI is InChI=1S/C16H20N6/c1-2-13(3-1)14-10-15(20-12-19-14)21-6-8-22(9-7-21)16-11-17-4-5-18-16/h4-5,10-13H,1-3,6-9H2. The molecule has 0 amide bonds. The summed E-state index contributed by atoms with van der Waals surface area (Å²) >= 11 is 0. The Morgan fingerprint density at radius 2 is 1.64 bits per heavy atom. The Morgan fingerprint density at radius 3 is 2.27 bits per heavy atom. The first kappa shape index (κ1) is 13.4. The fourth-order valence-corrected chi connectivity index (χ4v) is 3.08. The number of piperazine rings is 1. The van der Waals surface area contributed by atoms with Crippen molar-refractivity contribution in [3.05, 3.63) is 36.7 Å². The van der Waals surface area contributed by atoms with Gasteiger partial charge in [-0.3, -0.25) is 4.98 Å². The van der Waals surface area contributed by atoms with Gasteiger partial charge in [0.05, 0.1) is 6.20 Å². The molecule has 1 saturated heterocycles. The van der Waals surface area contributed by atoms with E-state index >= 15 is 0 Å². The molecule has 2 aliphatic rings. The molecule has 0 unspecified atom stereocenters. The molecular weight excluding hydrogens is 276 g/mol. The molecule has 2 fully saturated rings. The van der Waals surface area contributed by atoms with Crippen molar-refractivity contribution in [2.24, 2.45) is 0 Å². The Kier molecular flexibility index (Phi) is 3.58. The monoisotopic (exact) mass is 296 g/mol. The fraction of sp³-hybridized carbons (Fsp3) is 0.500. The minimum absolute atomic E-state index is 0.655. The maximum atomic E-state index is 4.47. The normalized spacial score (nSPS) is 19.1. The predicted molar refractivity (Wildman–Crippen MR) is 85.1 cm³/mol. The van der Waals surface area contributed by atoms with E-state index in [9.17, 15) is 0 Å². The third-order valence-corrected chi connectivity index (χ3v) is 4.67. The average molecular weight is 296 g/mol.